The second kappa shape index (κ2) is 8.64. The highest BCUT2D eigenvalue weighted by Gasteiger charge is 2.13. The summed E-state index contributed by atoms with van der Waals surface area (Å²) in [6.07, 6.45) is 3.14. The zero-order valence-corrected chi connectivity index (χ0v) is 12.3. The Labute approximate surface area is 120 Å². The van der Waals surface area contributed by atoms with Gasteiger partial charge in [-0.25, -0.2) is 0 Å². The summed E-state index contributed by atoms with van der Waals surface area (Å²) in [5.41, 5.74) is 6.66. The first-order valence-corrected chi connectivity index (χ1v) is 7.14. The largest absolute Gasteiger partial charge is 0.393 e. The molecule has 4 heteroatoms. The highest BCUT2D eigenvalue weighted by molar-refractivity contribution is 7.80. The number of amides is 1. The van der Waals surface area contributed by atoms with Crippen molar-refractivity contribution in [2.24, 2.45) is 5.73 Å². The summed E-state index contributed by atoms with van der Waals surface area (Å²) in [5.74, 6) is 0.182. The van der Waals surface area contributed by atoms with Crippen LogP contribution in [0.15, 0.2) is 30.3 Å². The second-order valence-electron chi connectivity index (χ2n) is 4.62. The van der Waals surface area contributed by atoms with Gasteiger partial charge in [-0.05, 0) is 12.0 Å². The molecule has 0 spiro atoms. The summed E-state index contributed by atoms with van der Waals surface area (Å²) >= 11 is 4.89. The van der Waals surface area contributed by atoms with Gasteiger partial charge in [0.05, 0.1) is 4.99 Å². The Bertz CT molecular complexity index is 406. The standard InChI is InChI=1S/C15H22N2OS/c1-2-3-9-15(18)17(11-10-14(16)19)12-13-7-5-4-6-8-13/h4-8H,2-3,9-12H2,1H3,(H2,16,19). The molecule has 1 rings (SSSR count). The average Bonchev–Trinajstić information content (AvgIpc) is 2.41. The minimum absolute atomic E-state index is 0.182. The number of nitrogens with two attached hydrogens (primary N) is 1. The molecule has 0 atom stereocenters. The van der Waals surface area contributed by atoms with Gasteiger partial charge < -0.3 is 10.6 Å². The molecule has 0 aliphatic rings. The van der Waals surface area contributed by atoms with Crippen LogP contribution in [-0.2, 0) is 11.3 Å². The summed E-state index contributed by atoms with van der Waals surface area (Å²) < 4.78 is 0. The summed E-state index contributed by atoms with van der Waals surface area (Å²) in [6.45, 7) is 3.32. The molecule has 2 N–H and O–H groups in total. The van der Waals surface area contributed by atoms with Crippen LogP contribution < -0.4 is 5.73 Å². The molecule has 0 bridgehead atoms. The van der Waals surface area contributed by atoms with Crippen molar-refractivity contribution >= 4 is 23.1 Å². The Morgan fingerprint density at radius 1 is 1.26 bits per heavy atom. The van der Waals surface area contributed by atoms with Crippen molar-refractivity contribution in [3.05, 3.63) is 35.9 Å². The van der Waals surface area contributed by atoms with Crippen LogP contribution in [0, 0.1) is 0 Å². The summed E-state index contributed by atoms with van der Waals surface area (Å²) in [5, 5.41) is 0. The van der Waals surface area contributed by atoms with Crippen molar-refractivity contribution in [2.45, 2.75) is 39.2 Å². The molecule has 19 heavy (non-hydrogen) atoms. The number of nitrogens with zero attached hydrogens (tertiary/aromatic N) is 1. The minimum atomic E-state index is 0.182. The number of hydrogen-bond donors (Lipinski definition) is 1. The molecule has 1 aromatic carbocycles. The van der Waals surface area contributed by atoms with E-state index >= 15 is 0 Å². The lowest BCUT2D eigenvalue weighted by Crippen LogP contribution is -2.33. The molecule has 0 unspecified atom stereocenters. The third-order valence-electron chi connectivity index (χ3n) is 2.94. The fourth-order valence-corrected chi connectivity index (χ4v) is 1.92. The number of benzene rings is 1. The number of hydrogen-bond acceptors (Lipinski definition) is 2. The van der Waals surface area contributed by atoms with Crippen LogP contribution in [-0.4, -0.2) is 22.3 Å². The van der Waals surface area contributed by atoms with E-state index in [0.717, 1.165) is 18.4 Å². The third kappa shape index (κ3) is 6.34. The summed E-state index contributed by atoms with van der Waals surface area (Å²) in [6, 6.07) is 10.00. The van der Waals surface area contributed by atoms with Crippen molar-refractivity contribution in [2.75, 3.05) is 6.54 Å². The van der Waals surface area contributed by atoms with Crippen molar-refractivity contribution in [1.29, 1.82) is 0 Å². The average molecular weight is 278 g/mol. The molecule has 0 fully saturated rings. The van der Waals surface area contributed by atoms with Crippen molar-refractivity contribution in [1.82, 2.24) is 4.90 Å². The Hall–Kier alpha value is -1.42. The van der Waals surface area contributed by atoms with E-state index in [1.165, 1.54) is 0 Å². The highest BCUT2D eigenvalue weighted by atomic mass is 32.1. The fourth-order valence-electron chi connectivity index (χ4n) is 1.83. The molecule has 0 saturated carbocycles. The maximum atomic E-state index is 12.2. The Balaban J connectivity index is 2.62. The van der Waals surface area contributed by atoms with Gasteiger partial charge in [0.15, 0.2) is 0 Å². The third-order valence-corrected chi connectivity index (χ3v) is 3.15. The Morgan fingerprint density at radius 3 is 2.53 bits per heavy atom. The van der Waals surface area contributed by atoms with Crippen LogP contribution in [0.2, 0.25) is 0 Å². The SMILES string of the molecule is CCCCC(=O)N(CCC(N)=S)Cc1ccccc1. The number of carbonyl (C=O) groups excluding carboxylic acids is 1. The molecule has 0 saturated heterocycles. The molecule has 0 radical (unpaired) electrons. The lowest BCUT2D eigenvalue weighted by molar-refractivity contribution is -0.131. The van der Waals surface area contributed by atoms with Gasteiger partial charge in [-0.3, -0.25) is 4.79 Å². The Kier molecular flexibility index (Phi) is 7.11. The molecule has 104 valence electrons. The van der Waals surface area contributed by atoms with Gasteiger partial charge in [-0.1, -0.05) is 55.9 Å². The van der Waals surface area contributed by atoms with Crippen molar-refractivity contribution < 1.29 is 4.79 Å². The zero-order chi connectivity index (χ0) is 14.1. The molecule has 0 heterocycles. The lowest BCUT2D eigenvalue weighted by Gasteiger charge is -2.22. The van der Waals surface area contributed by atoms with Crippen LogP contribution in [0.25, 0.3) is 0 Å². The lowest BCUT2D eigenvalue weighted by atomic mass is 10.1. The van der Waals surface area contributed by atoms with E-state index in [1.807, 2.05) is 35.2 Å². The normalized spacial score (nSPS) is 10.2. The van der Waals surface area contributed by atoms with E-state index in [9.17, 15) is 4.79 Å². The van der Waals surface area contributed by atoms with E-state index < -0.39 is 0 Å². The van der Waals surface area contributed by atoms with Crippen molar-refractivity contribution in [3.8, 4) is 0 Å². The smallest absolute Gasteiger partial charge is 0.222 e. The van der Waals surface area contributed by atoms with E-state index in [-0.39, 0.29) is 5.91 Å². The van der Waals surface area contributed by atoms with Gasteiger partial charge in [0.25, 0.3) is 0 Å². The molecular formula is C15H22N2OS. The predicted octanol–water partition coefficient (Wildman–Crippen LogP) is 2.88. The van der Waals surface area contributed by atoms with Crippen LogP contribution in [0.5, 0.6) is 0 Å². The van der Waals surface area contributed by atoms with E-state index in [1.54, 1.807) is 0 Å². The molecule has 1 aromatic rings. The minimum Gasteiger partial charge on any atom is -0.393 e. The predicted molar refractivity (Wildman–Crippen MR) is 82.8 cm³/mol. The molecule has 0 aromatic heterocycles. The van der Waals surface area contributed by atoms with E-state index in [4.69, 9.17) is 18.0 Å². The van der Waals surface area contributed by atoms with E-state index in [0.29, 0.717) is 30.9 Å². The Morgan fingerprint density at radius 2 is 1.95 bits per heavy atom. The molecule has 1 amide bonds. The number of thiocarbonyl (C=S) groups is 1. The number of rotatable bonds is 8. The molecule has 3 nitrogen and oxygen atoms in total. The van der Waals surface area contributed by atoms with Gasteiger partial charge in [-0.2, -0.15) is 0 Å². The van der Waals surface area contributed by atoms with E-state index in [2.05, 4.69) is 6.92 Å². The van der Waals surface area contributed by atoms with Crippen LogP contribution in [0.3, 0.4) is 0 Å². The van der Waals surface area contributed by atoms with Crippen LogP contribution in [0.1, 0.15) is 38.2 Å². The molecule has 0 aliphatic heterocycles. The summed E-state index contributed by atoms with van der Waals surface area (Å²) in [4.78, 5) is 14.5. The molecular weight excluding hydrogens is 256 g/mol. The van der Waals surface area contributed by atoms with Gasteiger partial charge >= 0.3 is 0 Å². The number of carbonyl (C=O) groups is 1. The van der Waals surface area contributed by atoms with Crippen molar-refractivity contribution in [3.63, 3.8) is 0 Å². The zero-order valence-electron chi connectivity index (χ0n) is 11.5. The van der Waals surface area contributed by atoms with Crippen LogP contribution >= 0.6 is 12.2 Å². The molecule has 0 aliphatic carbocycles. The maximum absolute atomic E-state index is 12.2. The first-order chi connectivity index (χ1) is 9.13. The van der Waals surface area contributed by atoms with Gasteiger partial charge in [0.1, 0.15) is 0 Å². The fraction of sp³-hybridized carbons (Fsp3) is 0.467. The highest BCUT2D eigenvalue weighted by Crippen LogP contribution is 2.09. The topological polar surface area (TPSA) is 46.3 Å². The van der Waals surface area contributed by atoms with Crippen LogP contribution in [0.4, 0.5) is 0 Å². The van der Waals surface area contributed by atoms with Gasteiger partial charge in [0.2, 0.25) is 5.91 Å². The quantitative estimate of drug-likeness (QED) is 0.744. The van der Waals surface area contributed by atoms with Gasteiger partial charge in [-0.15, -0.1) is 0 Å². The second-order valence-corrected chi connectivity index (χ2v) is 5.15. The first-order valence-electron chi connectivity index (χ1n) is 6.73. The summed E-state index contributed by atoms with van der Waals surface area (Å²) in [7, 11) is 0. The maximum Gasteiger partial charge on any atom is 0.222 e. The van der Waals surface area contributed by atoms with Gasteiger partial charge in [0, 0.05) is 25.9 Å². The number of unbranched alkanes of at least 4 members (excludes halogenated alkanes) is 1. The monoisotopic (exact) mass is 278 g/mol. The first kappa shape index (κ1) is 15.6.